The molecule has 3 rings (SSSR count). The lowest BCUT2D eigenvalue weighted by Crippen LogP contribution is -2.42. The van der Waals surface area contributed by atoms with Crippen LogP contribution in [0.3, 0.4) is 0 Å². The Hall–Kier alpha value is -3.06. The van der Waals surface area contributed by atoms with Crippen LogP contribution >= 0.6 is 0 Å². The van der Waals surface area contributed by atoms with Gasteiger partial charge in [-0.25, -0.2) is 0 Å². The van der Waals surface area contributed by atoms with E-state index in [9.17, 15) is 4.79 Å². The van der Waals surface area contributed by atoms with Gasteiger partial charge in [0.25, 0.3) is 0 Å². The smallest absolute Gasteiger partial charge is 0.248 e. The number of aliphatic imine (C=N–C) groups is 1. The molecule has 0 aromatic heterocycles. The molecule has 1 atom stereocenters. The number of hydrogen-bond acceptors (Lipinski definition) is 4. The van der Waals surface area contributed by atoms with E-state index in [0.29, 0.717) is 12.1 Å². The zero-order chi connectivity index (χ0) is 21.3. The molecule has 1 aliphatic rings. The van der Waals surface area contributed by atoms with Gasteiger partial charge < -0.3 is 21.1 Å². The Morgan fingerprint density at radius 1 is 1.10 bits per heavy atom. The molecule has 1 amide bonds. The maximum Gasteiger partial charge on any atom is 0.248 e. The Morgan fingerprint density at radius 3 is 2.33 bits per heavy atom. The number of nitrogens with one attached hydrogen (secondary N) is 2. The number of nitrogens with zero attached hydrogens (tertiary/aromatic N) is 2. The van der Waals surface area contributed by atoms with Crippen LogP contribution in [-0.2, 0) is 6.54 Å². The second-order valence-electron chi connectivity index (χ2n) is 7.40. The fraction of sp³-hybridized carbons (Fsp3) is 0.391. The highest BCUT2D eigenvalue weighted by Gasteiger charge is 2.23. The molecule has 1 saturated heterocycles. The number of carbonyl (C=O) groups is 1. The quantitative estimate of drug-likeness (QED) is 0.460. The van der Waals surface area contributed by atoms with E-state index in [1.165, 1.54) is 18.4 Å². The third-order valence-corrected chi connectivity index (χ3v) is 5.47. The second-order valence-corrected chi connectivity index (χ2v) is 7.40. The predicted octanol–water partition coefficient (Wildman–Crippen LogP) is 2.30. The average molecular weight is 410 g/mol. The molecular formula is C23H31N5O2. The first-order chi connectivity index (χ1) is 14.6. The lowest BCUT2D eigenvalue weighted by Gasteiger charge is -2.29. The predicted molar refractivity (Wildman–Crippen MR) is 120 cm³/mol. The molecule has 0 bridgehead atoms. The summed E-state index contributed by atoms with van der Waals surface area (Å²) in [4.78, 5) is 18.1. The van der Waals surface area contributed by atoms with Crippen LogP contribution in [0.15, 0.2) is 53.5 Å². The highest BCUT2D eigenvalue weighted by atomic mass is 16.5. The Balaban J connectivity index is 1.60. The van der Waals surface area contributed by atoms with Gasteiger partial charge in [0.1, 0.15) is 5.75 Å². The third kappa shape index (κ3) is 5.73. The van der Waals surface area contributed by atoms with E-state index in [-0.39, 0.29) is 6.04 Å². The number of guanidine groups is 1. The number of likely N-dealkylation sites (tertiary alicyclic amines) is 1. The first-order valence-electron chi connectivity index (χ1n) is 10.3. The van der Waals surface area contributed by atoms with Gasteiger partial charge in [-0.2, -0.15) is 0 Å². The van der Waals surface area contributed by atoms with Gasteiger partial charge in [-0.1, -0.05) is 24.3 Å². The third-order valence-electron chi connectivity index (χ3n) is 5.47. The van der Waals surface area contributed by atoms with Gasteiger partial charge in [-0.3, -0.25) is 14.7 Å². The topological polar surface area (TPSA) is 92.0 Å². The molecule has 0 saturated carbocycles. The average Bonchev–Trinajstić information content (AvgIpc) is 3.31. The number of benzene rings is 2. The van der Waals surface area contributed by atoms with Crippen molar-refractivity contribution >= 4 is 11.9 Å². The van der Waals surface area contributed by atoms with Crippen LogP contribution in [0.5, 0.6) is 5.75 Å². The van der Waals surface area contributed by atoms with Crippen LogP contribution in [-0.4, -0.2) is 50.6 Å². The number of primary amides is 1. The summed E-state index contributed by atoms with van der Waals surface area (Å²) >= 11 is 0. The number of carbonyl (C=O) groups excluding carboxylic acids is 1. The molecule has 2 aromatic carbocycles. The first kappa shape index (κ1) is 21.6. The summed E-state index contributed by atoms with van der Waals surface area (Å²) in [6.45, 7) is 3.58. The van der Waals surface area contributed by atoms with Crippen molar-refractivity contribution in [3.8, 4) is 5.75 Å². The Bertz CT molecular complexity index is 843. The molecule has 7 nitrogen and oxygen atoms in total. The van der Waals surface area contributed by atoms with Gasteiger partial charge in [-0.15, -0.1) is 0 Å². The minimum atomic E-state index is -0.418. The van der Waals surface area contributed by atoms with E-state index in [2.05, 4.69) is 32.7 Å². The van der Waals surface area contributed by atoms with Crippen molar-refractivity contribution in [2.75, 3.05) is 33.8 Å². The van der Waals surface area contributed by atoms with Gasteiger partial charge in [0, 0.05) is 25.7 Å². The Morgan fingerprint density at radius 2 is 1.77 bits per heavy atom. The van der Waals surface area contributed by atoms with Crippen molar-refractivity contribution in [3.63, 3.8) is 0 Å². The van der Waals surface area contributed by atoms with Crippen LogP contribution in [0, 0.1) is 0 Å². The Kier molecular flexibility index (Phi) is 7.68. The molecule has 0 aliphatic carbocycles. The van der Waals surface area contributed by atoms with Crippen molar-refractivity contribution in [2.45, 2.75) is 25.4 Å². The van der Waals surface area contributed by atoms with Gasteiger partial charge in [0.2, 0.25) is 5.91 Å². The molecule has 160 valence electrons. The van der Waals surface area contributed by atoms with E-state index >= 15 is 0 Å². The largest absolute Gasteiger partial charge is 0.497 e. The van der Waals surface area contributed by atoms with Crippen LogP contribution < -0.4 is 21.1 Å². The fourth-order valence-corrected chi connectivity index (χ4v) is 3.72. The highest BCUT2D eigenvalue weighted by molar-refractivity contribution is 5.92. The molecule has 1 unspecified atom stereocenters. The normalized spacial score (nSPS) is 15.6. The van der Waals surface area contributed by atoms with Gasteiger partial charge in [-0.05, 0) is 61.3 Å². The minimum absolute atomic E-state index is 0.270. The van der Waals surface area contributed by atoms with E-state index < -0.39 is 5.91 Å². The number of hydrogen-bond donors (Lipinski definition) is 3. The summed E-state index contributed by atoms with van der Waals surface area (Å²) in [6, 6.07) is 15.8. The summed E-state index contributed by atoms with van der Waals surface area (Å²) in [6.07, 6.45) is 2.47. The van der Waals surface area contributed by atoms with Crippen molar-refractivity contribution in [3.05, 3.63) is 65.2 Å². The van der Waals surface area contributed by atoms with Crippen molar-refractivity contribution < 1.29 is 9.53 Å². The fourth-order valence-electron chi connectivity index (χ4n) is 3.72. The summed E-state index contributed by atoms with van der Waals surface area (Å²) < 4.78 is 5.30. The van der Waals surface area contributed by atoms with Crippen molar-refractivity contribution in [1.82, 2.24) is 15.5 Å². The van der Waals surface area contributed by atoms with Gasteiger partial charge in [0.15, 0.2) is 5.96 Å². The van der Waals surface area contributed by atoms with Crippen LogP contribution in [0.2, 0.25) is 0 Å². The first-order valence-corrected chi connectivity index (χ1v) is 10.3. The standard InChI is InChI=1S/C23H31N5O2/c1-25-23(26-15-17-5-7-19(8-6-17)22(24)29)27-16-21(28-13-3-4-14-28)18-9-11-20(30-2)12-10-18/h5-12,21H,3-4,13-16H2,1-2H3,(H2,24,29)(H2,25,26,27). The maximum absolute atomic E-state index is 11.2. The number of amides is 1. The van der Waals surface area contributed by atoms with Crippen LogP contribution in [0.25, 0.3) is 0 Å². The number of rotatable bonds is 8. The zero-order valence-corrected chi connectivity index (χ0v) is 17.7. The number of nitrogens with two attached hydrogens (primary N) is 1. The molecule has 0 spiro atoms. The summed E-state index contributed by atoms with van der Waals surface area (Å²) in [7, 11) is 3.45. The van der Waals surface area contributed by atoms with Gasteiger partial charge in [0.05, 0.1) is 13.2 Å². The van der Waals surface area contributed by atoms with Crippen molar-refractivity contribution in [2.24, 2.45) is 10.7 Å². The molecule has 1 fully saturated rings. The van der Waals surface area contributed by atoms with Gasteiger partial charge >= 0.3 is 0 Å². The molecule has 2 aromatic rings. The van der Waals surface area contributed by atoms with E-state index in [1.807, 2.05) is 24.3 Å². The number of ether oxygens (including phenoxy) is 1. The Labute approximate surface area is 178 Å². The van der Waals surface area contributed by atoms with Crippen LogP contribution in [0.4, 0.5) is 0 Å². The zero-order valence-electron chi connectivity index (χ0n) is 17.7. The molecule has 30 heavy (non-hydrogen) atoms. The minimum Gasteiger partial charge on any atom is -0.497 e. The van der Waals surface area contributed by atoms with E-state index in [0.717, 1.165) is 36.9 Å². The van der Waals surface area contributed by atoms with Crippen molar-refractivity contribution in [1.29, 1.82) is 0 Å². The monoisotopic (exact) mass is 409 g/mol. The van der Waals surface area contributed by atoms with E-state index in [1.54, 1.807) is 26.3 Å². The highest BCUT2D eigenvalue weighted by Crippen LogP contribution is 2.26. The SMILES string of the molecule is CN=C(NCc1ccc(C(N)=O)cc1)NCC(c1ccc(OC)cc1)N1CCCC1. The molecule has 1 heterocycles. The van der Waals surface area contributed by atoms with Crippen LogP contribution in [0.1, 0.15) is 40.4 Å². The molecular weight excluding hydrogens is 378 g/mol. The van der Waals surface area contributed by atoms with E-state index in [4.69, 9.17) is 10.5 Å². The summed E-state index contributed by atoms with van der Waals surface area (Å²) in [5.41, 5.74) is 8.12. The second kappa shape index (κ2) is 10.6. The number of methoxy groups -OCH3 is 1. The molecule has 7 heteroatoms. The molecule has 0 radical (unpaired) electrons. The summed E-state index contributed by atoms with van der Waals surface area (Å²) in [5.74, 6) is 1.19. The molecule has 1 aliphatic heterocycles. The lowest BCUT2D eigenvalue weighted by atomic mass is 10.1. The molecule has 4 N–H and O–H groups in total. The summed E-state index contributed by atoms with van der Waals surface area (Å²) in [5, 5.41) is 6.80. The maximum atomic E-state index is 11.2. The lowest BCUT2D eigenvalue weighted by molar-refractivity contribution is 0.100.